The Morgan fingerprint density at radius 3 is 1.44 bits per heavy atom. The van der Waals surface area contributed by atoms with E-state index >= 15 is 0 Å². The van der Waals surface area contributed by atoms with Gasteiger partial charge in [0.1, 0.15) is 11.5 Å². The van der Waals surface area contributed by atoms with Crippen molar-refractivity contribution in [1.29, 1.82) is 0 Å². The standard InChI is InChI=1S/C18H21BF2O4/c1-11(2)22-17-7-5-13(9-15(17)20)24-19-25-14-6-8-18(16(21)10-14)23-12(3)4/h5-12,19H,1-4H3. The highest BCUT2D eigenvalue weighted by Gasteiger charge is 2.10. The lowest BCUT2D eigenvalue weighted by molar-refractivity contribution is 0.231. The van der Waals surface area contributed by atoms with Crippen LogP contribution in [0.2, 0.25) is 0 Å². The van der Waals surface area contributed by atoms with Gasteiger partial charge in [0.15, 0.2) is 23.1 Å². The second-order valence-electron chi connectivity index (χ2n) is 5.92. The van der Waals surface area contributed by atoms with Gasteiger partial charge in [0.05, 0.1) is 12.2 Å². The zero-order valence-electron chi connectivity index (χ0n) is 14.7. The van der Waals surface area contributed by atoms with Gasteiger partial charge in [-0.25, -0.2) is 8.78 Å². The molecule has 0 saturated carbocycles. The Kier molecular flexibility index (Phi) is 6.50. The summed E-state index contributed by atoms with van der Waals surface area (Å²) in [4.78, 5) is 0. The summed E-state index contributed by atoms with van der Waals surface area (Å²) in [7, 11) is -0.187. The molecule has 0 saturated heterocycles. The van der Waals surface area contributed by atoms with Gasteiger partial charge in [0.25, 0.3) is 0 Å². The minimum absolute atomic E-state index is 0.123. The summed E-state index contributed by atoms with van der Waals surface area (Å²) in [5, 5.41) is 0. The molecule has 0 aliphatic carbocycles. The molecule has 0 unspecified atom stereocenters. The predicted octanol–water partition coefficient (Wildman–Crippen LogP) is 4.26. The summed E-state index contributed by atoms with van der Waals surface area (Å²) in [5.41, 5.74) is 0. The van der Waals surface area contributed by atoms with Gasteiger partial charge in [0, 0.05) is 12.1 Å². The number of benzene rings is 2. The highest BCUT2D eigenvalue weighted by Crippen LogP contribution is 2.25. The van der Waals surface area contributed by atoms with Gasteiger partial charge in [-0.05, 0) is 52.0 Å². The molecule has 0 fully saturated rings. The lowest BCUT2D eigenvalue weighted by Crippen LogP contribution is -2.12. The number of rotatable bonds is 8. The van der Waals surface area contributed by atoms with Crippen LogP contribution in [0.25, 0.3) is 0 Å². The average Bonchev–Trinajstić information content (AvgIpc) is 2.52. The molecule has 25 heavy (non-hydrogen) atoms. The summed E-state index contributed by atoms with van der Waals surface area (Å²) < 4.78 is 49.0. The van der Waals surface area contributed by atoms with Gasteiger partial charge < -0.3 is 18.8 Å². The second-order valence-corrected chi connectivity index (χ2v) is 5.92. The third kappa shape index (κ3) is 5.85. The molecule has 0 N–H and O–H groups in total. The molecule has 0 aromatic heterocycles. The Hall–Kier alpha value is -2.44. The summed E-state index contributed by atoms with van der Waals surface area (Å²) in [6.45, 7) is 7.26. The van der Waals surface area contributed by atoms with Crippen molar-refractivity contribution in [2.24, 2.45) is 0 Å². The SMILES string of the molecule is CC(C)Oc1ccc(OBOc2ccc(OC(C)C)c(F)c2)cc1F. The van der Waals surface area contributed by atoms with Crippen LogP contribution in [0.4, 0.5) is 8.78 Å². The van der Waals surface area contributed by atoms with Crippen LogP contribution < -0.4 is 18.8 Å². The fourth-order valence-corrected chi connectivity index (χ4v) is 2.01. The Bertz CT molecular complexity index is 648. The van der Waals surface area contributed by atoms with Gasteiger partial charge in [-0.2, -0.15) is 0 Å². The predicted molar refractivity (Wildman–Crippen MR) is 92.7 cm³/mol. The Morgan fingerprint density at radius 1 is 0.720 bits per heavy atom. The maximum atomic E-state index is 13.9. The molecule has 7 heteroatoms. The van der Waals surface area contributed by atoms with E-state index in [2.05, 4.69) is 0 Å². The topological polar surface area (TPSA) is 36.9 Å². The second kappa shape index (κ2) is 8.60. The monoisotopic (exact) mass is 350 g/mol. The lowest BCUT2D eigenvalue weighted by atomic mass is 10.2. The zero-order valence-corrected chi connectivity index (χ0v) is 14.7. The molecule has 0 aliphatic rings. The van der Waals surface area contributed by atoms with Crippen molar-refractivity contribution >= 4 is 7.69 Å². The molecule has 4 nitrogen and oxygen atoms in total. The van der Waals surface area contributed by atoms with Crippen LogP contribution in [0.3, 0.4) is 0 Å². The van der Waals surface area contributed by atoms with E-state index in [0.717, 1.165) is 0 Å². The number of ether oxygens (including phenoxy) is 2. The van der Waals surface area contributed by atoms with Crippen LogP contribution in [-0.2, 0) is 0 Å². The summed E-state index contributed by atoms with van der Waals surface area (Å²) in [5.74, 6) is -0.153. The van der Waals surface area contributed by atoms with E-state index < -0.39 is 11.6 Å². The number of hydrogen-bond acceptors (Lipinski definition) is 4. The van der Waals surface area contributed by atoms with Gasteiger partial charge in [-0.3, -0.25) is 0 Å². The van der Waals surface area contributed by atoms with Crippen molar-refractivity contribution in [1.82, 2.24) is 0 Å². The summed E-state index contributed by atoms with van der Waals surface area (Å²) >= 11 is 0. The maximum absolute atomic E-state index is 13.9. The Labute approximate surface area is 147 Å². The van der Waals surface area contributed by atoms with E-state index in [1.807, 2.05) is 27.7 Å². The third-order valence-corrected chi connectivity index (χ3v) is 2.98. The molecule has 0 atom stereocenters. The van der Waals surface area contributed by atoms with E-state index in [0.29, 0.717) is 0 Å². The van der Waals surface area contributed by atoms with Crippen molar-refractivity contribution in [3.8, 4) is 23.0 Å². The van der Waals surface area contributed by atoms with Crippen LogP contribution in [0.5, 0.6) is 23.0 Å². The van der Waals surface area contributed by atoms with Crippen LogP contribution in [0.1, 0.15) is 27.7 Å². The van der Waals surface area contributed by atoms with E-state index in [4.69, 9.17) is 18.8 Å². The fourth-order valence-electron chi connectivity index (χ4n) is 2.01. The van der Waals surface area contributed by atoms with E-state index in [1.54, 1.807) is 12.1 Å². The highest BCUT2D eigenvalue weighted by molar-refractivity contribution is 6.20. The van der Waals surface area contributed by atoms with Gasteiger partial charge >= 0.3 is 7.69 Å². The highest BCUT2D eigenvalue weighted by atomic mass is 19.1. The molecule has 2 rings (SSSR count). The van der Waals surface area contributed by atoms with Crippen molar-refractivity contribution in [2.75, 3.05) is 0 Å². The first-order valence-electron chi connectivity index (χ1n) is 8.03. The van der Waals surface area contributed by atoms with Crippen molar-refractivity contribution in [3.63, 3.8) is 0 Å². The molecule has 0 heterocycles. The molecular formula is C18H21BF2O4. The maximum Gasteiger partial charge on any atom is 0.576 e. The smallest absolute Gasteiger partial charge is 0.528 e. The van der Waals surface area contributed by atoms with Crippen LogP contribution in [-0.4, -0.2) is 19.9 Å². The van der Waals surface area contributed by atoms with Crippen molar-refractivity contribution in [3.05, 3.63) is 48.0 Å². The van der Waals surface area contributed by atoms with E-state index in [-0.39, 0.29) is 42.9 Å². The van der Waals surface area contributed by atoms with Crippen molar-refractivity contribution < 1.29 is 27.6 Å². The lowest BCUT2D eigenvalue weighted by Gasteiger charge is -2.13. The summed E-state index contributed by atoms with van der Waals surface area (Å²) in [6, 6.07) is 8.54. The van der Waals surface area contributed by atoms with E-state index in [9.17, 15) is 8.78 Å². The van der Waals surface area contributed by atoms with Crippen LogP contribution in [0.15, 0.2) is 36.4 Å². The first kappa shape index (κ1) is 18.9. The minimum atomic E-state index is -0.521. The van der Waals surface area contributed by atoms with Crippen LogP contribution >= 0.6 is 0 Å². The zero-order chi connectivity index (χ0) is 18.4. The third-order valence-electron chi connectivity index (χ3n) is 2.98. The largest absolute Gasteiger partial charge is 0.576 e. The molecule has 2 aromatic rings. The van der Waals surface area contributed by atoms with Crippen molar-refractivity contribution in [2.45, 2.75) is 39.9 Å². The summed E-state index contributed by atoms with van der Waals surface area (Å²) in [6.07, 6.45) is -0.246. The Morgan fingerprint density at radius 2 is 1.12 bits per heavy atom. The quantitative estimate of drug-likeness (QED) is 0.667. The normalized spacial score (nSPS) is 10.7. The molecule has 2 aromatic carbocycles. The number of hydrogen-bond donors (Lipinski definition) is 0. The minimum Gasteiger partial charge on any atom is -0.528 e. The first-order valence-corrected chi connectivity index (χ1v) is 8.03. The Balaban J connectivity index is 1.90. The molecular weight excluding hydrogens is 329 g/mol. The first-order chi connectivity index (χ1) is 11.8. The molecule has 0 aliphatic heterocycles. The number of halogens is 2. The van der Waals surface area contributed by atoms with Crippen LogP contribution in [0, 0.1) is 11.6 Å². The molecule has 0 bridgehead atoms. The fraction of sp³-hybridized carbons (Fsp3) is 0.333. The van der Waals surface area contributed by atoms with Gasteiger partial charge in [0.2, 0.25) is 0 Å². The molecule has 0 radical (unpaired) electrons. The average molecular weight is 350 g/mol. The van der Waals surface area contributed by atoms with Gasteiger partial charge in [-0.1, -0.05) is 0 Å². The van der Waals surface area contributed by atoms with E-state index in [1.165, 1.54) is 24.3 Å². The molecule has 0 spiro atoms. The molecule has 0 amide bonds. The van der Waals surface area contributed by atoms with Gasteiger partial charge in [-0.15, -0.1) is 0 Å². The molecule has 134 valence electrons.